The maximum Gasteiger partial charge on any atom is 0.309 e. The molecule has 1 rings (SSSR count). The molecule has 0 spiro atoms. The first kappa shape index (κ1) is 8.44. The molecule has 0 aromatic carbocycles. The second-order valence-electron chi connectivity index (χ2n) is 2.50. The van der Waals surface area contributed by atoms with Gasteiger partial charge in [0.1, 0.15) is 0 Å². The van der Waals surface area contributed by atoms with Crippen molar-refractivity contribution in [2.45, 2.75) is 19.8 Å². The summed E-state index contributed by atoms with van der Waals surface area (Å²) in [5.74, 6) is 0.233. The molecule has 1 aliphatic rings. The molecule has 0 fully saturated rings. The molecule has 0 bridgehead atoms. The van der Waals surface area contributed by atoms with Gasteiger partial charge in [-0.2, -0.15) is 0 Å². The van der Waals surface area contributed by atoms with E-state index in [2.05, 4.69) is 5.73 Å². The van der Waals surface area contributed by atoms with Gasteiger partial charge in [0.15, 0.2) is 0 Å². The summed E-state index contributed by atoms with van der Waals surface area (Å²) < 4.78 is 0. The largest absolute Gasteiger partial charge is 0.481 e. The Kier molecular flexibility index (Phi) is 2.80. The predicted molar refractivity (Wildman–Crippen MR) is 45.5 cm³/mol. The molecule has 0 radical (unpaired) electrons. The highest BCUT2D eigenvalue weighted by Crippen LogP contribution is 2.25. The second-order valence-corrected chi connectivity index (χ2v) is 3.69. The van der Waals surface area contributed by atoms with Crippen molar-refractivity contribution in [3.63, 3.8) is 0 Å². The molecule has 1 heterocycles. The Morgan fingerprint density at radius 1 is 1.82 bits per heavy atom. The molecule has 0 amide bonds. The minimum Gasteiger partial charge on any atom is -0.481 e. The van der Waals surface area contributed by atoms with E-state index < -0.39 is 5.97 Å². The average Bonchev–Trinajstić information content (AvgIpc) is 1.85. The third-order valence-corrected chi connectivity index (χ3v) is 2.42. The van der Waals surface area contributed by atoms with Gasteiger partial charge in [-0.15, -0.1) is 17.5 Å². The van der Waals surface area contributed by atoms with Gasteiger partial charge in [-0.25, -0.2) is 0 Å². The first-order chi connectivity index (χ1) is 5.18. The summed E-state index contributed by atoms with van der Waals surface area (Å²) in [7, 11) is 0. The highest BCUT2D eigenvalue weighted by Gasteiger charge is 2.07. The van der Waals surface area contributed by atoms with Crippen molar-refractivity contribution in [2.24, 2.45) is 0 Å². The zero-order valence-corrected chi connectivity index (χ0v) is 7.20. The Hall–Kier alpha value is -0.660. The van der Waals surface area contributed by atoms with Gasteiger partial charge < -0.3 is 5.11 Å². The van der Waals surface area contributed by atoms with Gasteiger partial charge in [0, 0.05) is 10.7 Å². The predicted octanol–water partition coefficient (Wildman–Crippen LogP) is 2.03. The van der Waals surface area contributed by atoms with Crippen LogP contribution in [0.3, 0.4) is 0 Å². The summed E-state index contributed by atoms with van der Waals surface area (Å²) in [6, 6.07) is 0. The fourth-order valence-electron chi connectivity index (χ4n) is 0.896. The topological polar surface area (TPSA) is 37.3 Å². The lowest BCUT2D eigenvalue weighted by atomic mass is 10.2. The molecular weight excluding hydrogens is 160 g/mol. The van der Waals surface area contributed by atoms with Gasteiger partial charge in [-0.3, -0.25) is 4.79 Å². The first-order valence-electron chi connectivity index (χ1n) is 3.48. The molecule has 11 heavy (non-hydrogen) atoms. The standard InChI is InChI=1S/C8H10O2S/c1-6-2-3-11-7(4-6)5-8(9)10/h2-3,5H2,1H3,(H,9,10). The minimum atomic E-state index is -0.769. The average molecular weight is 170 g/mol. The van der Waals surface area contributed by atoms with Crippen LogP contribution in [-0.4, -0.2) is 16.8 Å². The molecule has 0 saturated heterocycles. The summed E-state index contributed by atoms with van der Waals surface area (Å²) in [4.78, 5) is 11.2. The van der Waals surface area contributed by atoms with Crippen molar-refractivity contribution in [2.75, 3.05) is 5.75 Å². The number of hydrogen-bond donors (Lipinski definition) is 1. The molecule has 0 aromatic rings. The number of carbonyl (C=O) groups is 1. The molecule has 0 aliphatic carbocycles. The fourth-order valence-corrected chi connectivity index (χ4v) is 2.02. The second kappa shape index (κ2) is 3.65. The number of aliphatic carboxylic acids is 1. The summed E-state index contributed by atoms with van der Waals surface area (Å²) >= 11 is 1.60. The molecule has 0 saturated carbocycles. The van der Waals surface area contributed by atoms with Crippen LogP contribution in [0.5, 0.6) is 0 Å². The van der Waals surface area contributed by atoms with Crippen LogP contribution in [0.15, 0.2) is 16.2 Å². The normalized spacial score (nSPS) is 17.2. The van der Waals surface area contributed by atoms with Crippen molar-refractivity contribution in [3.05, 3.63) is 16.2 Å². The Morgan fingerprint density at radius 3 is 3.09 bits per heavy atom. The molecular formula is C8H10O2S. The van der Waals surface area contributed by atoms with E-state index in [9.17, 15) is 4.79 Å². The summed E-state index contributed by atoms with van der Waals surface area (Å²) in [5, 5.41) is 8.47. The summed E-state index contributed by atoms with van der Waals surface area (Å²) in [6.45, 7) is 1.99. The summed E-state index contributed by atoms with van der Waals surface area (Å²) in [6.07, 6.45) is 1.16. The quantitative estimate of drug-likeness (QED) is 0.644. The van der Waals surface area contributed by atoms with Crippen molar-refractivity contribution in [1.29, 1.82) is 0 Å². The zero-order chi connectivity index (χ0) is 8.27. The van der Waals surface area contributed by atoms with Crippen molar-refractivity contribution in [1.82, 2.24) is 0 Å². The van der Waals surface area contributed by atoms with Crippen LogP contribution < -0.4 is 0 Å². The first-order valence-corrected chi connectivity index (χ1v) is 4.47. The number of hydrogen-bond acceptors (Lipinski definition) is 2. The molecule has 0 atom stereocenters. The van der Waals surface area contributed by atoms with E-state index >= 15 is 0 Å². The van der Waals surface area contributed by atoms with E-state index in [4.69, 9.17) is 5.11 Å². The van der Waals surface area contributed by atoms with E-state index in [1.807, 2.05) is 6.92 Å². The maximum absolute atomic E-state index is 10.3. The third kappa shape index (κ3) is 2.83. The number of carboxylic acid groups (broad SMARTS) is 1. The van der Waals surface area contributed by atoms with E-state index in [1.54, 1.807) is 11.8 Å². The molecule has 60 valence electrons. The van der Waals surface area contributed by atoms with Gasteiger partial charge in [0.2, 0.25) is 0 Å². The fraction of sp³-hybridized carbons (Fsp3) is 0.500. The van der Waals surface area contributed by atoms with Gasteiger partial charge >= 0.3 is 5.97 Å². The number of thioether (sulfide) groups is 1. The highest BCUT2D eigenvalue weighted by molar-refractivity contribution is 8.03. The van der Waals surface area contributed by atoms with E-state index in [0.717, 1.165) is 17.1 Å². The van der Waals surface area contributed by atoms with Crippen LogP contribution in [0.25, 0.3) is 0 Å². The monoisotopic (exact) mass is 170 g/mol. The van der Waals surface area contributed by atoms with Gasteiger partial charge in [-0.05, 0) is 18.9 Å². The number of rotatable bonds is 2. The smallest absolute Gasteiger partial charge is 0.309 e. The van der Waals surface area contributed by atoms with E-state index in [-0.39, 0.29) is 6.42 Å². The molecule has 0 aromatic heterocycles. The van der Waals surface area contributed by atoms with Gasteiger partial charge in [0.25, 0.3) is 0 Å². The highest BCUT2D eigenvalue weighted by atomic mass is 32.2. The Bertz CT molecular complexity index is 236. The molecule has 1 aliphatic heterocycles. The Labute approximate surface area is 70.0 Å². The zero-order valence-electron chi connectivity index (χ0n) is 6.39. The minimum absolute atomic E-state index is 0.127. The van der Waals surface area contributed by atoms with Crippen LogP contribution >= 0.6 is 11.8 Å². The lowest BCUT2D eigenvalue weighted by Gasteiger charge is -2.07. The van der Waals surface area contributed by atoms with Crippen molar-refractivity contribution in [3.8, 4) is 0 Å². The molecule has 3 heteroatoms. The molecule has 1 N–H and O–H groups in total. The van der Waals surface area contributed by atoms with Gasteiger partial charge in [-0.1, -0.05) is 0 Å². The molecule has 0 unspecified atom stereocenters. The Morgan fingerprint density at radius 2 is 2.55 bits per heavy atom. The SMILES string of the molecule is CC1=C=C(CC(=O)O)SCC1. The van der Waals surface area contributed by atoms with Crippen LogP contribution in [0.1, 0.15) is 19.8 Å². The van der Waals surface area contributed by atoms with Gasteiger partial charge in [0.05, 0.1) is 6.42 Å². The Balaban J connectivity index is 2.70. The van der Waals surface area contributed by atoms with E-state index in [1.165, 1.54) is 5.57 Å². The van der Waals surface area contributed by atoms with Crippen LogP contribution in [0.2, 0.25) is 0 Å². The van der Waals surface area contributed by atoms with Crippen LogP contribution in [0.4, 0.5) is 0 Å². The summed E-state index contributed by atoms with van der Waals surface area (Å²) in [5.41, 5.74) is 4.23. The lowest BCUT2D eigenvalue weighted by molar-refractivity contribution is -0.136. The number of carboxylic acids is 1. The molecule has 2 nitrogen and oxygen atoms in total. The van der Waals surface area contributed by atoms with E-state index in [0.29, 0.717) is 0 Å². The third-order valence-electron chi connectivity index (χ3n) is 1.42. The van der Waals surface area contributed by atoms with Crippen molar-refractivity contribution < 1.29 is 9.90 Å². The maximum atomic E-state index is 10.3. The lowest BCUT2D eigenvalue weighted by Crippen LogP contribution is -1.97. The van der Waals surface area contributed by atoms with Crippen LogP contribution in [-0.2, 0) is 4.79 Å². The van der Waals surface area contributed by atoms with Crippen molar-refractivity contribution >= 4 is 17.7 Å². The van der Waals surface area contributed by atoms with Crippen LogP contribution in [0, 0.1) is 0 Å².